The van der Waals surface area contributed by atoms with Crippen molar-refractivity contribution in [3.63, 3.8) is 0 Å². The molecule has 0 aliphatic heterocycles. The number of benzene rings is 3. The summed E-state index contributed by atoms with van der Waals surface area (Å²) in [5.41, 5.74) is 1.77. The first-order valence-electron chi connectivity index (χ1n) is 11.0. The van der Waals surface area contributed by atoms with E-state index in [-0.39, 0.29) is 22.2 Å². The van der Waals surface area contributed by atoms with Crippen molar-refractivity contribution in [1.82, 2.24) is 14.9 Å². The minimum Gasteiger partial charge on any atom is -0.360 e. The maximum atomic E-state index is 13.3. The van der Waals surface area contributed by atoms with Gasteiger partial charge in [0.25, 0.3) is 0 Å². The van der Waals surface area contributed by atoms with E-state index in [2.05, 4.69) is 16.4 Å². The molecule has 2 N–H and O–H groups in total. The van der Waals surface area contributed by atoms with Gasteiger partial charge in [-0.25, -0.2) is 8.42 Å². The van der Waals surface area contributed by atoms with Crippen LogP contribution in [0.1, 0.15) is 0 Å². The summed E-state index contributed by atoms with van der Waals surface area (Å²) in [6, 6.07) is 21.4. The Balaban J connectivity index is 1.28. The smallest absolute Gasteiger partial charge is 0.239 e. The molecule has 0 saturated heterocycles. The van der Waals surface area contributed by atoms with Crippen LogP contribution in [0.15, 0.2) is 99.9 Å². The number of para-hydroxylation sites is 2. The number of carbonyl (C=O) groups is 1. The number of hydrogen-bond acceptors (Lipinski definition) is 4. The molecule has 0 unspecified atom stereocenters. The summed E-state index contributed by atoms with van der Waals surface area (Å²) in [5, 5.41) is 5.14. The number of aromatic amines is 1. The van der Waals surface area contributed by atoms with Crippen molar-refractivity contribution in [2.75, 3.05) is 12.3 Å². The van der Waals surface area contributed by atoms with Gasteiger partial charge < -0.3 is 14.9 Å². The molecule has 35 heavy (non-hydrogen) atoms. The van der Waals surface area contributed by atoms with Gasteiger partial charge in [-0.2, -0.15) is 0 Å². The number of sulfone groups is 1. The zero-order chi connectivity index (χ0) is 24.4. The van der Waals surface area contributed by atoms with Crippen LogP contribution in [0, 0.1) is 0 Å². The van der Waals surface area contributed by atoms with Crippen LogP contribution in [0.4, 0.5) is 0 Å². The number of thioether (sulfide) groups is 1. The van der Waals surface area contributed by atoms with Crippen LogP contribution >= 0.6 is 23.4 Å². The third-order valence-corrected chi connectivity index (χ3v) is 8.82. The van der Waals surface area contributed by atoms with Gasteiger partial charge in [0.05, 0.1) is 9.79 Å². The average Bonchev–Trinajstić information content (AvgIpc) is 3.44. The van der Waals surface area contributed by atoms with Gasteiger partial charge in [-0.15, -0.1) is 11.8 Å². The summed E-state index contributed by atoms with van der Waals surface area (Å²) in [4.78, 5) is 17.4. The third kappa shape index (κ3) is 4.82. The van der Waals surface area contributed by atoms with E-state index < -0.39 is 9.84 Å². The number of H-pyrrole nitrogens is 1. The highest BCUT2D eigenvalue weighted by Gasteiger charge is 2.23. The van der Waals surface area contributed by atoms with E-state index in [1.54, 1.807) is 40.6 Å². The van der Waals surface area contributed by atoms with Crippen LogP contribution < -0.4 is 5.32 Å². The second-order valence-electron chi connectivity index (χ2n) is 7.99. The molecule has 0 fully saturated rings. The maximum Gasteiger partial charge on any atom is 0.239 e. The fraction of sp³-hybridized carbons (Fsp3) is 0.115. The molecule has 0 radical (unpaired) electrons. The molecular weight excluding hydrogens is 502 g/mol. The largest absolute Gasteiger partial charge is 0.360 e. The Morgan fingerprint density at radius 2 is 1.69 bits per heavy atom. The van der Waals surface area contributed by atoms with Crippen LogP contribution in [-0.4, -0.2) is 36.2 Å². The zero-order valence-corrected chi connectivity index (χ0v) is 21.0. The summed E-state index contributed by atoms with van der Waals surface area (Å²) in [6.07, 6.45) is 3.51. The molecule has 0 bridgehead atoms. The van der Waals surface area contributed by atoms with Crippen LogP contribution in [0.2, 0.25) is 5.02 Å². The summed E-state index contributed by atoms with van der Waals surface area (Å²) in [7, 11) is -3.78. The predicted octanol–water partition coefficient (Wildman–Crippen LogP) is 5.52. The van der Waals surface area contributed by atoms with E-state index in [9.17, 15) is 13.2 Å². The van der Waals surface area contributed by atoms with Gasteiger partial charge in [0, 0.05) is 56.4 Å². The van der Waals surface area contributed by atoms with Crippen molar-refractivity contribution in [3.8, 4) is 0 Å². The average molecular weight is 524 g/mol. The lowest BCUT2D eigenvalue weighted by molar-refractivity contribution is -0.121. The number of aromatic nitrogens is 2. The molecule has 2 heterocycles. The third-order valence-electron chi connectivity index (χ3n) is 5.71. The molecule has 5 rings (SSSR count). The van der Waals surface area contributed by atoms with E-state index >= 15 is 0 Å². The molecule has 0 saturated carbocycles. The molecule has 5 aromatic rings. The van der Waals surface area contributed by atoms with Gasteiger partial charge in [0.1, 0.15) is 6.54 Å². The molecule has 2 aromatic heterocycles. The first-order chi connectivity index (χ1) is 16.9. The Morgan fingerprint density at radius 1 is 0.971 bits per heavy atom. The molecule has 0 spiro atoms. The lowest BCUT2D eigenvalue weighted by Crippen LogP contribution is -2.29. The fourth-order valence-electron chi connectivity index (χ4n) is 4.03. The number of rotatable bonds is 8. The topological polar surface area (TPSA) is 84.0 Å². The summed E-state index contributed by atoms with van der Waals surface area (Å²) < 4.78 is 28.3. The van der Waals surface area contributed by atoms with Gasteiger partial charge in [0.15, 0.2) is 0 Å². The second-order valence-corrected chi connectivity index (χ2v) is 11.5. The predicted molar refractivity (Wildman–Crippen MR) is 141 cm³/mol. The van der Waals surface area contributed by atoms with Crippen molar-refractivity contribution >= 4 is 60.9 Å². The fourth-order valence-corrected chi connectivity index (χ4v) is 6.53. The van der Waals surface area contributed by atoms with E-state index in [0.717, 1.165) is 21.6 Å². The van der Waals surface area contributed by atoms with Crippen LogP contribution in [0.3, 0.4) is 0 Å². The number of fused-ring (bicyclic) bond motifs is 2. The molecule has 178 valence electrons. The van der Waals surface area contributed by atoms with Crippen molar-refractivity contribution in [3.05, 3.63) is 90.2 Å². The number of amides is 1. The van der Waals surface area contributed by atoms with Crippen LogP contribution in [-0.2, 0) is 21.2 Å². The minimum absolute atomic E-state index is 0.0222. The number of carbonyl (C=O) groups excluding carboxylic acids is 1. The summed E-state index contributed by atoms with van der Waals surface area (Å²) in [6.45, 7) is 0.520. The van der Waals surface area contributed by atoms with Gasteiger partial charge in [-0.3, -0.25) is 4.79 Å². The quantitative estimate of drug-likeness (QED) is 0.207. The van der Waals surface area contributed by atoms with Crippen molar-refractivity contribution in [2.45, 2.75) is 21.2 Å². The van der Waals surface area contributed by atoms with E-state index in [4.69, 9.17) is 11.6 Å². The number of nitrogens with zero attached hydrogens (tertiary/aromatic N) is 1. The maximum absolute atomic E-state index is 13.3. The van der Waals surface area contributed by atoms with Crippen molar-refractivity contribution in [2.24, 2.45) is 0 Å². The van der Waals surface area contributed by atoms with Crippen LogP contribution in [0.5, 0.6) is 0 Å². The highest BCUT2D eigenvalue weighted by molar-refractivity contribution is 7.99. The van der Waals surface area contributed by atoms with Crippen molar-refractivity contribution < 1.29 is 13.2 Å². The van der Waals surface area contributed by atoms with E-state index in [1.807, 2.05) is 36.5 Å². The molecule has 0 aliphatic carbocycles. The molecule has 6 nitrogen and oxygen atoms in total. The summed E-state index contributed by atoms with van der Waals surface area (Å²) >= 11 is 7.60. The normalized spacial score (nSPS) is 11.8. The number of halogens is 1. The molecule has 1 amide bonds. The Morgan fingerprint density at radius 3 is 2.49 bits per heavy atom. The lowest BCUT2D eigenvalue weighted by atomic mass is 10.2. The van der Waals surface area contributed by atoms with Gasteiger partial charge in [0.2, 0.25) is 15.7 Å². The van der Waals surface area contributed by atoms with E-state index in [1.165, 1.54) is 18.3 Å². The van der Waals surface area contributed by atoms with Crippen molar-refractivity contribution in [1.29, 1.82) is 0 Å². The van der Waals surface area contributed by atoms with Gasteiger partial charge in [-0.1, -0.05) is 48.0 Å². The molecule has 0 atom stereocenters. The number of nitrogens with one attached hydrogen (secondary N) is 2. The zero-order valence-electron chi connectivity index (χ0n) is 18.6. The SMILES string of the molecule is O=C(Cn1cc(S(=O)(=O)c2ccc(Cl)cc2)c2ccccc21)NCCSc1c[nH]c2ccccc12. The first-order valence-corrected chi connectivity index (χ1v) is 13.8. The number of hydrogen-bond donors (Lipinski definition) is 2. The molecule has 3 aromatic carbocycles. The Bertz CT molecular complexity index is 1620. The second kappa shape index (κ2) is 9.81. The molecule has 9 heteroatoms. The van der Waals surface area contributed by atoms with Crippen LogP contribution in [0.25, 0.3) is 21.8 Å². The first kappa shape index (κ1) is 23.5. The van der Waals surface area contributed by atoms with Gasteiger partial charge >= 0.3 is 0 Å². The minimum atomic E-state index is -3.78. The standard InChI is InChI=1S/C26H22ClN3O3S2/c27-18-9-11-19(12-10-18)35(32,33)25-16-30(23-8-4-2-6-21(23)25)17-26(31)28-13-14-34-24-15-29-22-7-3-1-5-20(22)24/h1-12,15-16,29H,13-14,17H2,(H,28,31). The summed E-state index contributed by atoms with van der Waals surface area (Å²) in [5.74, 6) is 0.539. The Labute approximate surface area is 212 Å². The lowest BCUT2D eigenvalue weighted by Gasteiger charge is -2.07. The monoisotopic (exact) mass is 523 g/mol. The highest BCUT2D eigenvalue weighted by Crippen LogP contribution is 2.31. The van der Waals surface area contributed by atoms with E-state index in [0.29, 0.717) is 22.5 Å². The highest BCUT2D eigenvalue weighted by atomic mass is 35.5. The molecular formula is C26H22ClN3O3S2. The van der Waals surface area contributed by atoms with Gasteiger partial charge in [-0.05, 0) is 36.4 Å². The molecule has 0 aliphatic rings. The Hall–Kier alpha value is -3.20. The Kier molecular flexibility index (Phi) is 6.60.